The number of hydrogen-bond acceptors (Lipinski definition) is 2. The molecule has 0 N–H and O–H groups in total. The van der Waals surface area contributed by atoms with E-state index >= 15 is 0 Å². The standard InChI is InChI=1S/C20H27IN2O/c21-19-14-22-23(15-19)17-20(10-5-2-6-11-20)12-7-13-24-16-18-8-3-1-4-9-18/h1,3-4,8-9,14-15H,2,5-7,10-13,16-17H2. The molecule has 4 heteroatoms. The van der Waals surface area contributed by atoms with E-state index in [9.17, 15) is 0 Å². The molecule has 0 bridgehead atoms. The van der Waals surface area contributed by atoms with Crippen LogP contribution in [-0.2, 0) is 17.9 Å². The Kier molecular flexibility index (Phi) is 6.72. The molecule has 3 rings (SSSR count). The molecule has 0 saturated heterocycles. The molecular formula is C20H27IN2O. The van der Waals surface area contributed by atoms with Gasteiger partial charge in [0.2, 0.25) is 0 Å². The highest BCUT2D eigenvalue weighted by Crippen LogP contribution is 2.41. The molecule has 0 aliphatic heterocycles. The number of nitrogens with zero attached hydrogens (tertiary/aromatic N) is 2. The molecule has 1 fully saturated rings. The molecule has 0 atom stereocenters. The van der Waals surface area contributed by atoms with Crippen LogP contribution in [-0.4, -0.2) is 16.4 Å². The average Bonchev–Trinajstić information content (AvgIpc) is 3.01. The number of benzene rings is 1. The lowest BCUT2D eigenvalue weighted by molar-refractivity contribution is 0.0834. The maximum Gasteiger partial charge on any atom is 0.0716 e. The summed E-state index contributed by atoms with van der Waals surface area (Å²) in [6.07, 6.45) is 13.3. The van der Waals surface area contributed by atoms with Crippen molar-refractivity contribution < 1.29 is 4.74 Å². The number of halogens is 1. The highest BCUT2D eigenvalue weighted by atomic mass is 127. The van der Waals surface area contributed by atoms with Crippen LogP contribution in [0.1, 0.15) is 50.5 Å². The molecule has 0 radical (unpaired) electrons. The molecule has 0 unspecified atom stereocenters. The smallest absolute Gasteiger partial charge is 0.0716 e. The molecule has 0 spiro atoms. The van der Waals surface area contributed by atoms with Crippen molar-refractivity contribution in [3.05, 3.63) is 51.9 Å². The lowest BCUT2D eigenvalue weighted by atomic mass is 9.71. The van der Waals surface area contributed by atoms with Crippen molar-refractivity contribution >= 4 is 22.6 Å². The van der Waals surface area contributed by atoms with E-state index in [4.69, 9.17) is 4.74 Å². The summed E-state index contributed by atoms with van der Waals surface area (Å²) in [4.78, 5) is 0. The second-order valence-electron chi connectivity index (χ2n) is 7.06. The minimum Gasteiger partial charge on any atom is -0.377 e. The average molecular weight is 438 g/mol. The van der Waals surface area contributed by atoms with Gasteiger partial charge < -0.3 is 4.74 Å². The normalized spacial score (nSPS) is 17.0. The summed E-state index contributed by atoms with van der Waals surface area (Å²) in [6, 6.07) is 10.4. The Morgan fingerprint density at radius 3 is 2.62 bits per heavy atom. The predicted molar refractivity (Wildman–Crippen MR) is 106 cm³/mol. The van der Waals surface area contributed by atoms with Gasteiger partial charge in [-0.15, -0.1) is 0 Å². The molecule has 1 saturated carbocycles. The maximum absolute atomic E-state index is 5.89. The van der Waals surface area contributed by atoms with E-state index in [-0.39, 0.29) is 0 Å². The van der Waals surface area contributed by atoms with Gasteiger partial charge in [0.25, 0.3) is 0 Å². The molecule has 0 amide bonds. The topological polar surface area (TPSA) is 27.1 Å². The first-order valence-electron chi connectivity index (χ1n) is 9.05. The second kappa shape index (κ2) is 8.99. The summed E-state index contributed by atoms with van der Waals surface area (Å²) in [5.41, 5.74) is 1.68. The quantitative estimate of drug-likeness (QED) is 0.406. The Labute approximate surface area is 158 Å². The highest BCUT2D eigenvalue weighted by Gasteiger charge is 2.32. The third-order valence-corrected chi connectivity index (χ3v) is 5.68. The van der Waals surface area contributed by atoms with Crippen molar-refractivity contribution in [2.75, 3.05) is 6.61 Å². The molecule has 2 aromatic rings. The molecule has 24 heavy (non-hydrogen) atoms. The van der Waals surface area contributed by atoms with E-state index in [0.29, 0.717) is 5.41 Å². The van der Waals surface area contributed by atoms with Gasteiger partial charge in [0.05, 0.1) is 16.4 Å². The van der Waals surface area contributed by atoms with Crippen LogP contribution < -0.4 is 0 Å². The fourth-order valence-electron chi connectivity index (χ4n) is 3.87. The van der Waals surface area contributed by atoms with E-state index < -0.39 is 0 Å². The van der Waals surface area contributed by atoms with E-state index in [2.05, 4.69) is 62.8 Å². The third kappa shape index (κ3) is 5.31. The van der Waals surface area contributed by atoms with Gasteiger partial charge in [-0.3, -0.25) is 4.68 Å². The molecule has 1 aliphatic rings. The zero-order valence-corrected chi connectivity index (χ0v) is 16.5. The lowest BCUT2D eigenvalue weighted by Crippen LogP contribution is -2.30. The van der Waals surface area contributed by atoms with Crippen LogP contribution in [0.3, 0.4) is 0 Å². The minimum absolute atomic E-state index is 0.420. The largest absolute Gasteiger partial charge is 0.377 e. The number of rotatable bonds is 8. The van der Waals surface area contributed by atoms with Gasteiger partial charge in [-0.25, -0.2) is 0 Å². The monoisotopic (exact) mass is 438 g/mol. The molecule has 1 aromatic carbocycles. The Balaban J connectivity index is 1.47. The van der Waals surface area contributed by atoms with Crippen LogP contribution in [0.4, 0.5) is 0 Å². The van der Waals surface area contributed by atoms with Gasteiger partial charge in [-0.05, 0) is 59.3 Å². The van der Waals surface area contributed by atoms with Crippen molar-refractivity contribution in [2.24, 2.45) is 5.41 Å². The van der Waals surface area contributed by atoms with Crippen LogP contribution in [0, 0.1) is 8.99 Å². The summed E-state index contributed by atoms with van der Waals surface area (Å²) in [7, 11) is 0. The third-order valence-electron chi connectivity index (χ3n) is 5.12. The summed E-state index contributed by atoms with van der Waals surface area (Å²) in [5, 5.41) is 4.52. The number of hydrogen-bond donors (Lipinski definition) is 0. The van der Waals surface area contributed by atoms with Gasteiger partial charge in [0.1, 0.15) is 0 Å². The van der Waals surface area contributed by atoms with Gasteiger partial charge in [-0.1, -0.05) is 49.6 Å². The van der Waals surface area contributed by atoms with E-state index in [1.54, 1.807) is 0 Å². The zero-order chi connectivity index (χ0) is 16.7. The van der Waals surface area contributed by atoms with Crippen molar-refractivity contribution in [2.45, 2.75) is 58.1 Å². The van der Waals surface area contributed by atoms with Crippen LogP contribution in [0.2, 0.25) is 0 Å². The first-order chi connectivity index (χ1) is 11.8. The van der Waals surface area contributed by atoms with E-state index in [0.717, 1.165) is 26.2 Å². The molecule has 130 valence electrons. The van der Waals surface area contributed by atoms with Gasteiger partial charge in [-0.2, -0.15) is 5.10 Å². The van der Waals surface area contributed by atoms with Gasteiger partial charge in [0.15, 0.2) is 0 Å². The minimum atomic E-state index is 0.420. The van der Waals surface area contributed by atoms with E-state index in [1.807, 2.05) is 12.3 Å². The number of aromatic nitrogens is 2. The van der Waals surface area contributed by atoms with Crippen molar-refractivity contribution in [3.63, 3.8) is 0 Å². The highest BCUT2D eigenvalue weighted by molar-refractivity contribution is 14.1. The zero-order valence-electron chi connectivity index (χ0n) is 14.3. The summed E-state index contributed by atoms with van der Waals surface area (Å²) >= 11 is 2.34. The summed E-state index contributed by atoms with van der Waals surface area (Å²) < 4.78 is 9.26. The van der Waals surface area contributed by atoms with Crippen molar-refractivity contribution in [3.8, 4) is 0 Å². The first-order valence-corrected chi connectivity index (χ1v) is 10.1. The molecule has 1 aliphatic carbocycles. The predicted octanol–water partition coefficient (Wildman–Crippen LogP) is 5.44. The first kappa shape index (κ1) is 17.9. The molecule has 3 nitrogen and oxygen atoms in total. The van der Waals surface area contributed by atoms with Crippen LogP contribution >= 0.6 is 22.6 Å². The molecule has 1 heterocycles. The SMILES string of the molecule is Ic1cnn(CC2(CCCOCc3ccccc3)CCCCC2)c1. The number of ether oxygens (including phenoxy) is 1. The van der Waals surface area contributed by atoms with Gasteiger partial charge >= 0.3 is 0 Å². The lowest BCUT2D eigenvalue weighted by Gasteiger charge is -2.37. The van der Waals surface area contributed by atoms with Crippen molar-refractivity contribution in [1.82, 2.24) is 9.78 Å². The van der Waals surface area contributed by atoms with Crippen LogP contribution in [0.5, 0.6) is 0 Å². The summed E-state index contributed by atoms with van der Waals surface area (Å²) in [6.45, 7) is 2.65. The Hall–Kier alpha value is -0.880. The molecule has 1 aromatic heterocycles. The fourth-order valence-corrected chi connectivity index (χ4v) is 4.32. The Morgan fingerprint density at radius 1 is 1.12 bits per heavy atom. The van der Waals surface area contributed by atoms with Crippen LogP contribution in [0.15, 0.2) is 42.7 Å². The summed E-state index contributed by atoms with van der Waals surface area (Å²) in [5.74, 6) is 0. The van der Waals surface area contributed by atoms with Crippen molar-refractivity contribution in [1.29, 1.82) is 0 Å². The molecular weight excluding hydrogens is 411 g/mol. The second-order valence-corrected chi connectivity index (χ2v) is 8.30. The van der Waals surface area contributed by atoms with E-state index in [1.165, 1.54) is 47.7 Å². The van der Waals surface area contributed by atoms with Gasteiger partial charge in [0, 0.05) is 19.3 Å². The maximum atomic E-state index is 5.89. The Morgan fingerprint density at radius 2 is 1.92 bits per heavy atom. The fraction of sp³-hybridized carbons (Fsp3) is 0.550. The van der Waals surface area contributed by atoms with Crippen LogP contribution in [0.25, 0.3) is 0 Å². The Bertz CT molecular complexity index is 605.